The normalized spacial score (nSPS) is 15.0. The van der Waals surface area contributed by atoms with E-state index in [1.807, 2.05) is 0 Å². The fourth-order valence-corrected chi connectivity index (χ4v) is 2.08. The third-order valence-corrected chi connectivity index (χ3v) is 3.18. The smallest absolute Gasteiger partial charge is 0.357 e. The van der Waals surface area contributed by atoms with Gasteiger partial charge in [0.05, 0.1) is 5.69 Å². The van der Waals surface area contributed by atoms with Gasteiger partial charge in [-0.2, -0.15) is 4.21 Å². The van der Waals surface area contributed by atoms with E-state index in [9.17, 15) is 23.0 Å². The van der Waals surface area contributed by atoms with E-state index in [0.717, 1.165) is 29.2 Å². The second-order valence-corrected chi connectivity index (χ2v) is 5.00. The van der Waals surface area contributed by atoms with Crippen LogP contribution in [0.2, 0.25) is 0 Å². The summed E-state index contributed by atoms with van der Waals surface area (Å²) in [5, 5.41) is 2.27. The number of nitrogens with zero attached hydrogens (tertiary/aromatic N) is 1. The maximum atomic E-state index is 13.7. The first-order valence-electron chi connectivity index (χ1n) is 6.29. The lowest BCUT2D eigenvalue weighted by Crippen LogP contribution is -2.33. The highest BCUT2D eigenvalue weighted by Gasteiger charge is 2.23. The summed E-state index contributed by atoms with van der Waals surface area (Å²) in [5.74, 6) is -2.66. The van der Waals surface area contributed by atoms with Gasteiger partial charge in [0.15, 0.2) is 0 Å². The Balaban J connectivity index is 1.91. The summed E-state index contributed by atoms with van der Waals surface area (Å²) < 4.78 is 37.1. The fraction of sp³-hybridized carbons (Fsp3) is 0.154. The number of benzene rings is 1. The van der Waals surface area contributed by atoms with E-state index < -0.39 is 34.9 Å². The number of carbonyl (C=O) groups excluding carboxylic acids is 3. The maximum Gasteiger partial charge on any atom is 0.357 e. The molecule has 1 atom stereocenters. The molecule has 1 aliphatic rings. The first kappa shape index (κ1) is 16.8. The lowest BCUT2D eigenvalue weighted by Gasteiger charge is -2.13. The molecule has 0 aliphatic carbocycles. The Kier molecular flexibility index (Phi) is 5.19. The molecule has 0 aromatic heterocycles. The van der Waals surface area contributed by atoms with Crippen molar-refractivity contribution in [3.63, 3.8) is 0 Å². The van der Waals surface area contributed by atoms with Gasteiger partial charge in [0.2, 0.25) is 5.91 Å². The molecule has 8 nitrogen and oxygen atoms in total. The molecule has 1 unspecified atom stereocenters. The molecule has 23 heavy (non-hydrogen) atoms. The number of hydrogen-bond donors (Lipinski definition) is 2. The molecule has 2 rings (SSSR count). The van der Waals surface area contributed by atoms with Crippen molar-refractivity contribution in [1.82, 2.24) is 4.90 Å². The molecule has 0 radical (unpaired) electrons. The van der Waals surface area contributed by atoms with Crippen molar-refractivity contribution in [1.29, 1.82) is 0 Å². The molecule has 0 fully saturated rings. The number of hydrogen-bond acceptors (Lipinski definition) is 5. The van der Waals surface area contributed by atoms with Crippen LogP contribution < -0.4 is 9.50 Å². The molecular weight excluding hydrogens is 331 g/mol. The van der Waals surface area contributed by atoms with Gasteiger partial charge in [-0.05, 0) is 12.1 Å². The largest absolute Gasteiger partial charge is 0.380 e. The van der Waals surface area contributed by atoms with Gasteiger partial charge in [0.25, 0.3) is 11.8 Å². The maximum absolute atomic E-state index is 13.7. The Morgan fingerprint density at radius 3 is 2.52 bits per heavy atom. The van der Waals surface area contributed by atoms with Crippen molar-refractivity contribution in [2.45, 2.75) is 6.42 Å². The number of nitrogens with one attached hydrogen (secondary N) is 1. The highest BCUT2D eigenvalue weighted by atomic mass is 32.2. The van der Waals surface area contributed by atoms with Gasteiger partial charge < -0.3 is 9.50 Å². The molecular formula is C13H11FN2O6S. The Morgan fingerprint density at radius 2 is 1.96 bits per heavy atom. The number of amides is 3. The summed E-state index contributed by atoms with van der Waals surface area (Å²) in [6, 6.07) is 3.19. The second kappa shape index (κ2) is 7.11. The van der Waals surface area contributed by atoms with Crippen LogP contribution in [0.5, 0.6) is 5.75 Å². The van der Waals surface area contributed by atoms with Crippen LogP contribution in [0.1, 0.15) is 6.42 Å². The average molecular weight is 342 g/mol. The molecule has 10 heteroatoms. The average Bonchev–Trinajstić information content (AvgIpc) is 2.78. The molecule has 122 valence electrons. The van der Waals surface area contributed by atoms with E-state index in [1.165, 1.54) is 6.07 Å². The van der Waals surface area contributed by atoms with Crippen LogP contribution in [0.15, 0.2) is 30.4 Å². The minimum Gasteiger partial charge on any atom is -0.380 e. The van der Waals surface area contributed by atoms with Crippen LogP contribution in [-0.2, 0) is 25.7 Å². The first-order valence-corrected chi connectivity index (χ1v) is 7.32. The zero-order valence-electron chi connectivity index (χ0n) is 11.5. The second-order valence-electron chi connectivity index (χ2n) is 4.40. The van der Waals surface area contributed by atoms with Gasteiger partial charge in [0, 0.05) is 31.2 Å². The Morgan fingerprint density at radius 1 is 1.30 bits per heavy atom. The lowest BCUT2D eigenvalue weighted by atomic mass is 10.2. The van der Waals surface area contributed by atoms with E-state index in [0.29, 0.717) is 0 Å². The molecule has 0 saturated carbocycles. The monoisotopic (exact) mass is 342 g/mol. The summed E-state index contributed by atoms with van der Waals surface area (Å²) in [4.78, 5) is 35.2. The van der Waals surface area contributed by atoms with Crippen LogP contribution in [-0.4, -0.2) is 37.9 Å². The van der Waals surface area contributed by atoms with Crippen molar-refractivity contribution in [2.24, 2.45) is 0 Å². The molecule has 3 amide bonds. The predicted octanol–water partition coefficient (Wildman–Crippen LogP) is 0.595. The SMILES string of the molecule is O=C(CCN1C(=O)C=CC1=O)Nc1ccc(OS(=O)O)cc1F. The number of rotatable bonds is 6. The summed E-state index contributed by atoms with van der Waals surface area (Å²) in [6.45, 7) is -0.122. The molecule has 1 heterocycles. The lowest BCUT2D eigenvalue weighted by molar-refractivity contribution is -0.137. The summed E-state index contributed by atoms with van der Waals surface area (Å²) in [5.41, 5.74) is -0.164. The third kappa shape index (κ3) is 4.44. The van der Waals surface area contributed by atoms with Gasteiger partial charge >= 0.3 is 11.4 Å². The van der Waals surface area contributed by atoms with Crippen LogP contribution in [0.25, 0.3) is 0 Å². The van der Waals surface area contributed by atoms with Crippen LogP contribution in [0.3, 0.4) is 0 Å². The number of anilines is 1. The number of imide groups is 1. The van der Waals surface area contributed by atoms with E-state index in [-0.39, 0.29) is 24.4 Å². The van der Waals surface area contributed by atoms with E-state index in [4.69, 9.17) is 4.55 Å². The molecule has 1 aromatic carbocycles. The summed E-state index contributed by atoms with van der Waals surface area (Å²) in [6.07, 6.45) is 2.00. The van der Waals surface area contributed by atoms with Crippen molar-refractivity contribution in [3.05, 3.63) is 36.2 Å². The zero-order chi connectivity index (χ0) is 17.0. The van der Waals surface area contributed by atoms with Crippen LogP contribution >= 0.6 is 0 Å². The van der Waals surface area contributed by atoms with Gasteiger partial charge in [0.1, 0.15) is 11.6 Å². The van der Waals surface area contributed by atoms with Gasteiger partial charge in [-0.3, -0.25) is 23.8 Å². The summed E-state index contributed by atoms with van der Waals surface area (Å²) >= 11 is -2.58. The van der Waals surface area contributed by atoms with E-state index in [2.05, 4.69) is 9.50 Å². The van der Waals surface area contributed by atoms with E-state index in [1.54, 1.807) is 0 Å². The molecule has 0 saturated heterocycles. The quantitative estimate of drug-likeness (QED) is 0.578. The number of carbonyl (C=O) groups is 3. The molecule has 2 N–H and O–H groups in total. The highest BCUT2D eigenvalue weighted by molar-refractivity contribution is 7.74. The molecule has 0 bridgehead atoms. The molecule has 1 aliphatic heterocycles. The Labute approximate surface area is 132 Å². The van der Waals surface area contributed by atoms with Gasteiger partial charge in [-0.15, -0.1) is 0 Å². The topological polar surface area (TPSA) is 113 Å². The minimum absolute atomic E-state index is 0.122. The molecule has 1 aromatic rings. The van der Waals surface area contributed by atoms with Crippen LogP contribution in [0, 0.1) is 5.82 Å². The standard InChI is InChI=1S/C13H11FN2O6S/c14-9-7-8(22-23(20)21)1-2-10(9)15-11(17)5-6-16-12(18)3-4-13(16)19/h1-4,7H,5-6H2,(H,15,17)(H,20,21). The molecule has 0 spiro atoms. The van der Waals surface area contributed by atoms with Gasteiger partial charge in [-0.1, -0.05) is 0 Å². The zero-order valence-corrected chi connectivity index (χ0v) is 12.3. The van der Waals surface area contributed by atoms with Crippen molar-refractivity contribution >= 4 is 34.8 Å². The Bertz CT molecular complexity index is 702. The van der Waals surface area contributed by atoms with Crippen molar-refractivity contribution in [3.8, 4) is 5.75 Å². The minimum atomic E-state index is -2.58. The number of halogens is 1. The third-order valence-electron chi connectivity index (χ3n) is 2.85. The Hall–Kier alpha value is -2.59. The van der Waals surface area contributed by atoms with Crippen molar-refractivity contribution in [2.75, 3.05) is 11.9 Å². The van der Waals surface area contributed by atoms with Gasteiger partial charge in [-0.25, -0.2) is 4.39 Å². The van der Waals surface area contributed by atoms with Crippen molar-refractivity contribution < 1.29 is 31.7 Å². The highest BCUT2D eigenvalue weighted by Crippen LogP contribution is 2.21. The predicted molar refractivity (Wildman–Crippen MR) is 76.9 cm³/mol. The van der Waals surface area contributed by atoms with E-state index >= 15 is 0 Å². The fourth-order valence-electron chi connectivity index (χ4n) is 1.81. The summed E-state index contributed by atoms with van der Waals surface area (Å²) in [7, 11) is 0. The van der Waals surface area contributed by atoms with Crippen LogP contribution in [0.4, 0.5) is 10.1 Å². The first-order chi connectivity index (χ1) is 10.9.